The highest BCUT2D eigenvalue weighted by atomic mass is 16.1. The second-order valence-corrected chi connectivity index (χ2v) is 5.85. The lowest BCUT2D eigenvalue weighted by molar-refractivity contribution is 0.102. The van der Waals surface area contributed by atoms with Crippen LogP contribution in [0.25, 0.3) is 5.69 Å². The van der Waals surface area contributed by atoms with Gasteiger partial charge >= 0.3 is 0 Å². The number of hydrogen-bond donors (Lipinski definition) is 1. The van der Waals surface area contributed by atoms with Crippen LogP contribution in [-0.4, -0.2) is 29.6 Å². The fourth-order valence-corrected chi connectivity index (χ4v) is 2.45. The molecule has 0 saturated carbocycles. The number of carbonyl (C=O) groups excluding carboxylic acids is 1. The number of carbonyl (C=O) groups is 1. The van der Waals surface area contributed by atoms with Crippen molar-refractivity contribution in [3.8, 4) is 5.69 Å². The normalized spacial score (nSPS) is 10.5. The first-order chi connectivity index (χ1) is 11.5. The molecule has 1 aromatic carbocycles. The maximum Gasteiger partial charge on any atom is 0.255 e. The number of nitrogens with one attached hydrogen (secondary N) is 1. The Morgan fingerprint density at radius 3 is 2.50 bits per heavy atom. The number of anilines is 2. The van der Waals surface area contributed by atoms with Gasteiger partial charge in [-0.05, 0) is 48.9 Å². The molecule has 0 aliphatic heterocycles. The summed E-state index contributed by atoms with van der Waals surface area (Å²) in [5.74, 6) is 0.695. The highest BCUT2D eigenvalue weighted by Gasteiger charge is 2.10. The number of amides is 1. The van der Waals surface area contributed by atoms with E-state index in [1.54, 1.807) is 6.20 Å². The SMILES string of the molecule is Cc1ccc(C(=O)Nc2ccc(N(C)C)nc2)cc1-n1cccc1. The molecule has 2 aromatic heterocycles. The van der Waals surface area contributed by atoms with Crippen LogP contribution >= 0.6 is 0 Å². The number of rotatable bonds is 4. The topological polar surface area (TPSA) is 50.2 Å². The average molecular weight is 320 g/mol. The second-order valence-electron chi connectivity index (χ2n) is 5.85. The molecule has 3 rings (SSSR count). The summed E-state index contributed by atoms with van der Waals surface area (Å²) in [5.41, 5.74) is 3.39. The number of pyridine rings is 1. The van der Waals surface area contributed by atoms with E-state index in [1.807, 2.05) is 85.3 Å². The molecule has 0 aliphatic rings. The number of aryl methyl sites for hydroxylation is 1. The summed E-state index contributed by atoms with van der Waals surface area (Å²) >= 11 is 0. The molecular weight excluding hydrogens is 300 g/mol. The van der Waals surface area contributed by atoms with Crippen molar-refractivity contribution >= 4 is 17.4 Å². The molecule has 3 aromatic rings. The van der Waals surface area contributed by atoms with Gasteiger partial charge in [0.05, 0.1) is 11.9 Å². The lowest BCUT2D eigenvalue weighted by atomic mass is 10.1. The predicted octanol–water partition coefficient (Wildman–Crippen LogP) is 3.50. The molecule has 0 radical (unpaired) electrons. The largest absolute Gasteiger partial charge is 0.363 e. The monoisotopic (exact) mass is 320 g/mol. The first-order valence-electron chi connectivity index (χ1n) is 7.73. The molecule has 0 aliphatic carbocycles. The molecule has 5 nitrogen and oxygen atoms in total. The van der Waals surface area contributed by atoms with E-state index in [1.165, 1.54) is 0 Å². The van der Waals surface area contributed by atoms with Crippen molar-refractivity contribution in [1.82, 2.24) is 9.55 Å². The first-order valence-corrected chi connectivity index (χ1v) is 7.73. The first kappa shape index (κ1) is 15.8. The Hall–Kier alpha value is -3.08. The molecule has 0 atom stereocenters. The van der Waals surface area contributed by atoms with Crippen molar-refractivity contribution in [3.05, 3.63) is 72.2 Å². The van der Waals surface area contributed by atoms with Gasteiger partial charge < -0.3 is 14.8 Å². The van der Waals surface area contributed by atoms with Crippen LogP contribution in [0.15, 0.2) is 61.1 Å². The third-order valence-electron chi connectivity index (χ3n) is 3.82. The van der Waals surface area contributed by atoms with Gasteiger partial charge in [0.15, 0.2) is 0 Å². The van der Waals surface area contributed by atoms with Crippen LogP contribution in [0.4, 0.5) is 11.5 Å². The van der Waals surface area contributed by atoms with Crippen LogP contribution in [0.5, 0.6) is 0 Å². The molecule has 122 valence electrons. The van der Waals surface area contributed by atoms with Crippen LogP contribution in [0, 0.1) is 6.92 Å². The van der Waals surface area contributed by atoms with E-state index < -0.39 is 0 Å². The zero-order chi connectivity index (χ0) is 17.1. The second kappa shape index (κ2) is 6.58. The Morgan fingerprint density at radius 1 is 1.12 bits per heavy atom. The van der Waals surface area contributed by atoms with E-state index in [-0.39, 0.29) is 5.91 Å². The highest BCUT2D eigenvalue weighted by molar-refractivity contribution is 6.04. The maximum atomic E-state index is 12.5. The highest BCUT2D eigenvalue weighted by Crippen LogP contribution is 2.18. The smallest absolute Gasteiger partial charge is 0.255 e. The maximum absolute atomic E-state index is 12.5. The fourth-order valence-electron chi connectivity index (χ4n) is 2.45. The fraction of sp³-hybridized carbons (Fsp3) is 0.158. The van der Waals surface area contributed by atoms with Crippen LogP contribution in [0.3, 0.4) is 0 Å². The van der Waals surface area contributed by atoms with E-state index >= 15 is 0 Å². The van der Waals surface area contributed by atoms with E-state index in [0.717, 1.165) is 17.1 Å². The van der Waals surface area contributed by atoms with Crippen LogP contribution in [-0.2, 0) is 0 Å². The van der Waals surface area contributed by atoms with Crippen LogP contribution in [0.1, 0.15) is 15.9 Å². The summed E-state index contributed by atoms with van der Waals surface area (Å²) < 4.78 is 2.00. The summed E-state index contributed by atoms with van der Waals surface area (Å²) in [5, 5.41) is 2.89. The number of benzene rings is 1. The third kappa shape index (κ3) is 3.30. The average Bonchev–Trinajstić information content (AvgIpc) is 3.10. The predicted molar refractivity (Wildman–Crippen MR) is 97.0 cm³/mol. The Labute approximate surface area is 141 Å². The molecule has 0 spiro atoms. The van der Waals surface area contributed by atoms with E-state index in [9.17, 15) is 4.79 Å². The van der Waals surface area contributed by atoms with Gasteiger partial charge in [0.2, 0.25) is 0 Å². The van der Waals surface area contributed by atoms with Gasteiger partial charge in [0.25, 0.3) is 5.91 Å². The van der Waals surface area contributed by atoms with Gasteiger partial charge in [-0.2, -0.15) is 0 Å². The van der Waals surface area contributed by atoms with Crippen molar-refractivity contribution in [1.29, 1.82) is 0 Å². The van der Waals surface area contributed by atoms with E-state index in [0.29, 0.717) is 11.3 Å². The quantitative estimate of drug-likeness (QED) is 0.800. The zero-order valence-corrected chi connectivity index (χ0v) is 14.0. The third-order valence-corrected chi connectivity index (χ3v) is 3.82. The molecule has 1 amide bonds. The molecular formula is C19H20N4O. The molecule has 0 unspecified atom stereocenters. The Kier molecular flexibility index (Phi) is 4.33. The zero-order valence-electron chi connectivity index (χ0n) is 14.0. The number of nitrogens with zero attached hydrogens (tertiary/aromatic N) is 3. The molecule has 24 heavy (non-hydrogen) atoms. The minimum atomic E-state index is -0.150. The summed E-state index contributed by atoms with van der Waals surface area (Å²) in [6.07, 6.45) is 5.59. The summed E-state index contributed by atoms with van der Waals surface area (Å²) in [6, 6.07) is 13.3. The number of aromatic nitrogens is 2. The van der Waals surface area contributed by atoms with E-state index in [2.05, 4.69) is 10.3 Å². The van der Waals surface area contributed by atoms with Gasteiger partial charge in [0.1, 0.15) is 5.82 Å². The van der Waals surface area contributed by atoms with Crippen molar-refractivity contribution in [2.45, 2.75) is 6.92 Å². The van der Waals surface area contributed by atoms with Crippen molar-refractivity contribution in [2.24, 2.45) is 0 Å². The van der Waals surface area contributed by atoms with Gasteiger partial charge in [-0.25, -0.2) is 4.98 Å². The summed E-state index contributed by atoms with van der Waals surface area (Å²) in [7, 11) is 3.85. The standard InChI is InChI=1S/C19H20N4O/c1-14-6-7-15(12-17(14)23-10-4-5-11-23)19(24)21-16-8-9-18(20-13-16)22(2)3/h4-13H,1-3H3,(H,21,24). The molecule has 0 saturated heterocycles. The summed E-state index contributed by atoms with van der Waals surface area (Å²) in [4.78, 5) is 18.7. The molecule has 0 fully saturated rings. The van der Waals surface area contributed by atoms with Crippen molar-refractivity contribution < 1.29 is 4.79 Å². The Morgan fingerprint density at radius 2 is 1.88 bits per heavy atom. The minimum Gasteiger partial charge on any atom is -0.363 e. The molecule has 1 N–H and O–H groups in total. The Bertz CT molecular complexity index is 836. The van der Waals surface area contributed by atoms with Gasteiger partial charge in [-0.1, -0.05) is 6.07 Å². The molecule has 0 bridgehead atoms. The molecule has 5 heteroatoms. The lowest BCUT2D eigenvalue weighted by Gasteiger charge is -2.12. The summed E-state index contributed by atoms with van der Waals surface area (Å²) in [6.45, 7) is 2.03. The minimum absolute atomic E-state index is 0.150. The van der Waals surface area contributed by atoms with Gasteiger partial charge in [0, 0.05) is 37.7 Å². The molecule has 2 heterocycles. The number of hydrogen-bond acceptors (Lipinski definition) is 3. The van der Waals surface area contributed by atoms with Crippen LogP contribution < -0.4 is 10.2 Å². The van der Waals surface area contributed by atoms with Gasteiger partial charge in [-0.3, -0.25) is 4.79 Å². The van der Waals surface area contributed by atoms with Crippen molar-refractivity contribution in [3.63, 3.8) is 0 Å². The Balaban J connectivity index is 1.81. The van der Waals surface area contributed by atoms with Crippen molar-refractivity contribution in [2.75, 3.05) is 24.3 Å². The van der Waals surface area contributed by atoms with Crippen LogP contribution in [0.2, 0.25) is 0 Å². The van der Waals surface area contributed by atoms with Gasteiger partial charge in [-0.15, -0.1) is 0 Å². The van der Waals surface area contributed by atoms with E-state index in [4.69, 9.17) is 0 Å². The lowest BCUT2D eigenvalue weighted by Crippen LogP contribution is -2.14.